The Morgan fingerprint density at radius 3 is 2.36 bits per heavy atom. The molecule has 2 bridgehead atoms. The largest absolute Gasteiger partial charge is 0.465 e. The van der Waals surface area contributed by atoms with Crippen molar-refractivity contribution in [3.05, 3.63) is 49.6 Å². The number of unbranched alkanes of at least 4 members (excludes halogenated alkanes) is 3. The first-order valence-corrected chi connectivity index (χ1v) is 16.3. The SMILES string of the molecule is C=CCCOC(=O)[C@H]1[C@H]2C(=O)N(CCCCCCO)C(C(=O)N(CC=C)c3ccc(N(CC)CC)cc3)C23CC(C)[C@]1(C)O3. The fourth-order valence-electron chi connectivity index (χ4n) is 7.73. The number of anilines is 2. The summed E-state index contributed by atoms with van der Waals surface area (Å²) in [6.07, 6.45) is 7.41. The van der Waals surface area contributed by atoms with Gasteiger partial charge in [0.2, 0.25) is 5.91 Å². The summed E-state index contributed by atoms with van der Waals surface area (Å²) in [5.41, 5.74) is -0.281. The number of likely N-dealkylation sites (tertiary alicyclic amines) is 1. The van der Waals surface area contributed by atoms with Crippen molar-refractivity contribution < 1.29 is 29.0 Å². The van der Waals surface area contributed by atoms with E-state index >= 15 is 0 Å². The van der Waals surface area contributed by atoms with Gasteiger partial charge in [-0.05, 0) is 76.6 Å². The van der Waals surface area contributed by atoms with Gasteiger partial charge in [0.05, 0.1) is 18.1 Å². The van der Waals surface area contributed by atoms with Crippen molar-refractivity contribution in [3.8, 4) is 0 Å². The van der Waals surface area contributed by atoms with Gasteiger partial charge in [-0.15, -0.1) is 13.2 Å². The van der Waals surface area contributed by atoms with E-state index in [9.17, 15) is 19.5 Å². The molecule has 1 aromatic carbocycles. The van der Waals surface area contributed by atoms with Crippen molar-refractivity contribution in [3.63, 3.8) is 0 Å². The number of rotatable bonds is 17. The molecule has 0 aromatic heterocycles. The molecule has 2 amide bonds. The van der Waals surface area contributed by atoms with E-state index in [4.69, 9.17) is 9.47 Å². The van der Waals surface area contributed by atoms with Crippen molar-refractivity contribution in [1.82, 2.24) is 4.90 Å². The molecule has 6 atom stereocenters. The van der Waals surface area contributed by atoms with Gasteiger partial charge in [-0.25, -0.2) is 0 Å². The lowest BCUT2D eigenvalue weighted by atomic mass is 9.62. The van der Waals surface area contributed by atoms with E-state index < -0.39 is 35.0 Å². The number of aliphatic hydroxyl groups is 1. The summed E-state index contributed by atoms with van der Waals surface area (Å²) >= 11 is 0. The minimum Gasteiger partial charge on any atom is -0.465 e. The second kappa shape index (κ2) is 14.3. The quantitative estimate of drug-likeness (QED) is 0.155. The molecule has 9 nitrogen and oxygen atoms in total. The number of hydrogen-bond donors (Lipinski definition) is 1. The summed E-state index contributed by atoms with van der Waals surface area (Å²) in [7, 11) is 0. The van der Waals surface area contributed by atoms with Crippen LogP contribution in [0.3, 0.4) is 0 Å². The molecular weight excluding hydrogens is 558 g/mol. The van der Waals surface area contributed by atoms with Crippen LogP contribution in [0.4, 0.5) is 11.4 Å². The van der Waals surface area contributed by atoms with Gasteiger partial charge in [-0.2, -0.15) is 0 Å². The van der Waals surface area contributed by atoms with Gasteiger partial charge < -0.3 is 29.3 Å². The Labute approximate surface area is 262 Å². The van der Waals surface area contributed by atoms with Gasteiger partial charge >= 0.3 is 5.97 Å². The van der Waals surface area contributed by atoms with Crippen molar-refractivity contribution >= 4 is 29.2 Å². The van der Waals surface area contributed by atoms with E-state index in [1.54, 1.807) is 22.0 Å². The van der Waals surface area contributed by atoms with Crippen molar-refractivity contribution in [2.75, 3.05) is 49.2 Å². The minimum absolute atomic E-state index is 0.0653. The van der Waals surface area contributed by atoms with Gasteiger partial charge in [-0.1, -0.05) is 31.9 Å². The summed E-state index contributed by atoms with van der Waals surface area (Å²) in [4.78, 5) is 48.4. The molecule has 4 rings (SSSR count). The van der Waals surface area contributed by atoms with Gasteiger partial charge in [0.25, 0.3) is 5.91 Å². The molecule has 1 N–H and O–H groups in total. The molecule has 242 valence electrons. The predicted octanol–water partition coefficient (Wildman–Crippen LogP) is 4.73. The smallest absolute Gasteiger partial charge is 0.312 e. The van der Waals surface area contributed by atoms with Crippen LogP contribution in [-0.4, -0.2) is 84.4 Å². The Bertz CT molecular complexity index is 1200. The standard InChI is InChI=1S/C35H51N3O6/c1-7-11-23-43-33(42)29-28-31(40)38(21-14-12-13-15-22-39)30(35(28)24-25(5)34(29,6)44-35)32(41)37(20-8-2)27-18-16-26(17-19-27)36(9-3)10-4/h7-8,16-19,25,28-30,39H,1-2,9-15,20-24H2,3-6H3/t25?,28-,29+,30?,34-,35?/m0/s1. The average Bonchev–Trinajstić information content (AvgIpc) is 3.53. The van der Waals surface area contributed by atoms with Crippen LogP contribution in [0.5, 0.6) is 0 Å². The molecule has 3 heterocycles. The molecular formula is C35H51N3O6. The highest BCUT2D eigenvalue weighted by atomic mass is 16.6. The first-order chi connectivity index (χ1) is 21.1. The summed E-state index contributed by atoms with van der Waals surface area (Å²) in [6.45, 7) is 18.5. The zero-order valence-corrected chi connectivity index (χ0v) is 27.0. The van der Waals surface area contributed by atoms with E-state index in [1.807, 2.05) is 38.1 Å². The minimum atomic E-state index is -1.14. The number of hydrogen-bond acceptors (Lipinski definition) is 7. The van der Waals surface area contributed by atoms with E-state index in [0.29, 0.717) is 37.9 Å². The monoisotopic (exact) mass is 609 g/mol. The fourth-order valence-corrected chi connectivity index (χ4v) is 7.73. The first-order valence-electron chi connectivity index (χ1n) is 16.3. The molecule has 3 aliphatic heterocycles. The van der Waals surface area contributed by atoms with Crippen molar-refractivity contribution in [1.29, 1.82) is 0 Å². The highest BCUT2D eigenvalue weighted by molar-refractivity contribution is 6.05. The number of benzene rings is 1. The van der Waals surface area contributed by atoms with E-state index in [2.05, 4.69) is 31.9 Å². The number of carbonyl (C=O) groups is 3. The highest BCUT2D eigenvalue weighted by Crippen LogP contribution is 2.65. The van der Waals surface area contributed by atoms with Crippen LogP contribution in [0.25, 0.3) is 0 Å². The number of aliphatic hydroxyl groups excluding tert-OH is 1. The molecule has 44 heavy (non-hydrogen) atoms. The van der Waals surface area contributed by atoms with Crippen molar-refractivity contribution in [2.45, 2.75) is 83.5 Å². The van der Waals surface area contributed by atoms with E-state index in [-0.39, 0.29) is 37.5 Å². The lowest BCUT2D eigenvalue weighted by molar-refractivity contribution is -0.161. The Kier molecular flexibility index (Phi) is 10.9. The van der Waals surface area contributed by atoms with E-state index in [0.717, 1.165) is 31.6 Å². The van der Waals surface area contributed by atoms with Gasteiger partial charge in [0.1, 0.15) is 17.6 Å². The Balaban J connectivity index is 1.73. The summed E-state index contributed by atoms with van der Waals surface area (Å²) in [5, 5.41) is 9.23. The maximum absolute atomic E-state index is 14.8. The molecule has 3 unspecified atom stereocenters. The van der Waals surface area contributed by atoms with Crippen LogP contribution in [0, 0.1) is 17.8 Å². The third kappa shape index (κ3) is 5.93. The molecule has 1 aromatic rings. The average molecular weight is 610 g/mol. The molecule has 0 radical (unpaired) electrons. The third-order valence-corrected chi connectivity index (χ3v) is 10.0. The van der Waals surface area contributed by atoms with Crippen LogP contribution >= 0.6 is 0 Å². The maximum Gasteiger partial charge on any atom is 0.312 e. The number of esters is 1. The summed E-state index contributed by atoms with van der Waals surface area (Å²) in [6, 6.07) is 7.02. The van der Waals surface area contributed by atoms with Crippen LogP contribution in [0.15, 0.2) is 49.6 Å². The van der Waals surface area contributed by atoms with Gasteiger partial charge in [0.15, 0.2) is 0 Å². The number of carbonyl (C=O) groups excluding carboxylic acids is 3. The van der Waals surface area contributed by atoms with Crippen LogP contribution < -0.4 is 9.80 Å². The van der Waals surface area contributed by atoms with Gasteiger partial charge in [0, 0.05) is 44.2 Å². The lowest BCUT2D eigenvalue weighted by Gasteiger charge is -2.37. The Hall–Kier alpha value is -3.17. The topological polar surface area (TPSA) is 99.6 Å². The van der Waals surface area contributed by atoms with Crippen molar-refractivity contribution in [2.24, 2.45) is 17.8 Å². The fraction of sp³-hybridized carbons (Fsp3) is 0.629. The van der Waals surface area contributed by atoms with Crippen LogP contribution in [-0.2, 0) is 23.9 Å². The molecule has 0 aliphatic carbocycles. The molecule has 1 spiro atoms. The third-order valence-electron chi connectivity index (χ3n) is 10.0. The predicted molar refractivity (Wildman–Crippen MR) is 172 cm³/mol. The lowest BCUT2D eigenvalue weighted by Crippen LogP contribution is -2.57. The first kappa shape index (κ1) is 33.7. The second-order valence-corrected chi connectivity index (χ2v) is 12.5. The Morgan fingerprint density at radius 2 is 1.75 bits per heavy atom. The number of amides is 2. The van der Waals surface area contributed by atoms with Gasteiger partial charge in [-0.3, -0.25) is 14.4 Å². The molecule has 9 heteroatoms. The van der Waals surface area contributed by atoms with Crippen LogP contribution in [0.1, 0.15) is 66.2 Å². The number of ether oxygens (including phenoxy) is 2. The highest BCUT2D eigenvalue weighted by Gasteiger charge is 2.80. The number of nitrogens with zero attached hydrogens (tertiary/aromatic N) is 3. The molecule has 3 saturated heterocycles. The Morgan fingerprint density at radius 1 is 1.09 bits per heavy atom. The molecule has 3 aliphatic rings. The summed E-state index contributed by atoms with van der Waals surface area (Å²) < 4.78 is 12.5. The zero-order valence-electron chi connectivity index (χ0n) is 27.0. The molecule has 3 fully saturated rings. The summed E-state index contributed by atoms with van der Waals surface area (Å²) in [5.74, 6) is -2.58. The van der Waals surface area contributed by atoms with Crippen LogP contribution in [0.2, 0.25) is 0 Å². The normalized spacial score (nSPS) is 28.6. The maximum atomic E-state index is 14.8. The second-order valence-electron chi connectivity index (χ2n) is 12.5. The zero-order chi connectivity index (χ0) is 32.1. The number of fused-ring (bicyclic) bond motifs is 1. The van der Waals surface area contributed by atoms with E-state index in [1.165, 1.54) is 0 Å². The molecule has 0 saturated carbocycles.